The molecule has 2 heterocycles. The summed E-state index contributed by atoms with van der Waals surface area (Å²) < 4.78 is 13.5. The second kappa shape index (κ2) is 12.5. The highest BCUT2D eigenvalue weighted by atomic mass is 16.3. The van der Waals surface area contributed by atoms with Gasteiger partial charge in [-0.05, 0) is 110 Å². The number of rotatable bonds is 5. The molecule has 0 saturated heterocycles. The molecule has 0 amide bonds. The third kappa shape index (κ3) is 4.86. The Kier molecular flexibility index (Phi) is 6.93. The zero-order valence-electron chi connectivity index (χ0n) is 30.8. The number of benzene rings is 10. The number of fused-ring (bicyclic) bond motifs is 13. The lowest BCUT2D eigenvalue weighted by molar-refractivity contribution is 0.663. The first-order chi connectivity index (χ1) is 28.3. The first-order valence-electron chi connectivity index (χ1n) is 19.4. The van der Waals surface area contributed by atoms with Crippen molar-refractivity contribution in [1.82, 2.24) is 0 Å². The van der Waals surface area contributed by atoms with Crippen LogP contribution in [-0.4, -0.2) is 0 Å². The Labute approximate surface area is 328 Å². The van der Waals surface area contributed by atoms with Gasteiger partial charge < -0.3 is 13.7 Å². The van der Waals surface area contributed by atoms with E-state index in [4.69, 9.17) is 8.83 Å². The number of hydrogen-bond donors (Lipinski definition) is 0. The normalized spacial score (nSPS) is 11.9. The van der Waals surface area contributed by atoms with Gasteiger partial charge in [0, 0.05) is 38.5 Å². The van der Waals surface area contributed by atoms with E-state index in [-0.39, 0.29) is 0 Å². The zero-order chi connectivity index (χ0) is 37.5. The van der Waals surface area contributed by atoms with Gasteiger partial charge in [-0.1, -0.05) is 140 Å². The maximum Gasteiger partial charge on any atom is 0.145 e. The topological polar surface area (TPSA) is 29.5 Å². The predicted molar refractivity (Wildman–Crippen MR) is 239 cm³/mol. The SMILES string of the molecule is c1ccc(-c2ccc(N(c3ccccc3)c3ccc4c(oc5ccc6oc7ccccc7c6c54)c3-c3ccc4c5ccccc5c5ccccc5c4c3)cc2)cc1. The Balaban J connectivity index is 1.19. The van der Waals surface area contributed by atoms with Crippen molar-refractivity contribution in [2.75, 3.05) is 4.90 Å². The number of nitrogens with zero attached hydrogens (tertiary/aromatic N) is 1. The van der Waals surface area contributed by atoms with E-state index in [2.05, 4.69) is 187 Å². The van der Waals surface area contributed by atoms with Crippen LogP contribution >= 0.6 is 0 Å². The second-order valence-electron chi connectivity index (χ2n) is 14.8. The van der Waals surface area contributed by atoms with Gasteiger partial charge in [0.2, 0.25) is 0 Å². The van der Waals surface area contributed by atoms with Crippen LogP contribution in [0.15, 0.2) is 209 Å². The van der Waals surface area contributed by atoms with Crippen molar-refractivity contribution in [3.63, 3.8) is 0 Å². The number of anilines is 3. The lowest BCUT2D eigenvalue weighted by Gasteiger charge is -2.28. The molecule has 12 rings (SSSR count). The summed E-state index contributed by atoms with van der Waals surface area (Å²) in [5, 5.41) is 11.7. The number of furan rings is 2. The van der Waals surface area contributed by atoms with Crippen LogP contribution in [0.1, 0.15) is 0 Å². The average molecular weight is 728 g/mol. The summed E-state index contributed by atoms with van der Waals surface area (Å²) in [6.45, 7) is 0. The van der Waals surface area contributed by atoms with Gasteiger partial charge in [0.15, 0.2) is 0 Å². The Morgan fingerprint density at radius 3 is 1.49 bits per heavy atom. The predicted octanol–water partition coefficient (Wildman–Crippen LogP) is 15.7. The van der Waals surface area contributed by atoms with Crippen LogP contribution in [0, 0.1) is 0 Å². The van der Waals surface area contributed by atoms with Crippen molar-refractivity contribution in [3.05, 3.63) is 200 Å². The molecule has 57 heavy (non-hydrogen) atoms. The van der Waals surface area contributed by atoms with Crippen molar-refractivity contribution in [3.8, 4) is 22.3 Å². The summed E-state index contributed by atoms with van der Waals surface area (Å²) >= 11 is 0. The maximum atomic E-state index is 7.11. The lowest BCUT2D eigenvalue weighted by atomic mass is 9.91. The Hall–Kier alpha value is -7.62. The van der Waals surface area contributed by atoms with Crippen LogP contribution in [0.3, 0.4) is 0 Å². The van der Waals surface area contributed by atoms with E-state index in [1.807, 2.05) is 18.2 Å². The summed E-state index contributed by atoms with van der Waals surface area (Å²) in [7, 11) is 0. The van der Waals surface area contributed by atoms with E-state index in [9.17, 15) is 0 Å². The first-order valence-corrected chi connectivity index (χ1v) is 19.4. The lowest BCUT2D eigenvalue weighted by Crippen LogP contribution is -2.11. The van der Waals surface area contributed by atoms with E-state index in [0.717, 1.165) is 72.1 Å². The molecule has 12 aromatic rings. The van der Waals surface area contributed by atoms with Gasteiger partial charge in [-0.3, -0.25) is 0 Å². The molecule has 10 aromatic carbocycles. The fourth-order valence-corrected chi connectivity index (χ4v) is 9.10. The van der Waals surface area contributed by atoms with Crippen molar-refractivity contribution < 1.29 is 8.83 Å². The Morgan fingerprint density at radius 1 is 0.298 bits per heavy atom. The Bertz CT molecular complexity index is 3470. The standard InChI is InChI=1S/C54H33NO2/c1-3-13-34(14-4-1)35-23-26-38(27-24-35)55(37-15-5-2-6-16-37)47-30-29-45-53-50(32-31-49-52(53)44-21-11-12-22-48(44)56-49)57-54(45)51(47)36-25-28-43-41-19-8-7-17-39(41)40-18-9-10-20-42(40)46(43)33-36/h1-33H. The molecule has 0 fully saturated rings. The van der Waals surface area contributed by atoms with Crippen LogP contribution in [0.4, 0.5) is 17.1 Å². The van der Waals surface area contributed by atoms with Crippen molar-refractivity contribution >= 4 is 93.3 Å². The maximum absolute atomic E-state index is 7.11. The molecule has 2 aromatic heterocycles. The fourth-order valence-electron chi connectivity index (χ4n) is 9.10. The van der Waals surface area contributed by atoms with Gasteiger partial charge in [-0.25, -0.2) is 0 Å². The Morgan fingerprint density at radius 2 is 0.789 bits per heavy atom. The van der Waals surface area contributed by atoms with Crippen LogP contribution < -0.4 is 4.90 Å². The highest BCUT2D eigenvalue weighted by Gasteiger charge is 2.25. The van der Waals surface area contributed by atoms with Gasteiger partial charge in [0.25, 0.3) is 0 Å². The molecule has 0 atom stereocenters. The van der Waals surface area contributed by atoms with Crippen LogP contribution in [0.25, 0.3) is 98.4 Å². The summed E-state index contributed by atoms with van der Waals surface area (Å²) in [4.78, 5) is 2.36. The van der Waals surface area contributed by atoms with Crippen LogP contribution in [-0.2, 0) is 0 Å². The largest absolute Gasteiger partial charge is 0.456 e. The molecule has 0 unspecified atom stereocenters. The van der Waals surface area contributed by atoms with Crippen molar-refractivity contribution in [1.29, 1.82) is 0 Å². The molecule has 0 N–H and O–H groups in total. The minimum atomic E-state index is 0.832. The minimum absolute atomic E-state index is 0.832. The summed E-state index contributed by atoms with van der Waals surface area (Å²) in [5.74, 6) is 0. The monoisotopic (exact) mass is 727 g/mol. The van der Waals surface area contributed by atoms with E-state index in [1.54, 1.807) is 0 Å². The fraction of sp³-hybridized carbons (Fsp3) is 0. The molecule has 266 valence electrons. The van der Waals surface area contributed by atoms with E-state index in [1.165, 1.54) is 43.4 Å². The van der Waals surface area contributed by atoms with Crippen molar-refractivity contribution in [2.45, 2.75) is 0 Å². The van der Waals surface area contributed by atoms with Crippen molar-refractivity contribution in [2.24, 2.45) is 0 Å². The van der Waals surface area contributed by atoms with Gasteiger partial charge >= 0.3 is 0 Å². The van der Waals surface area contributed by atoms with Crippen LogP contribution in [0.2, 0.25) is 0 Å². The minimum Gasteiger partial charge on any atom is -0.456 e. The summed E-state index contributed by atoms with van der Waals surface area (Å²) in [5.41, 5.74) is 11.0. The van der Waals surface area contributed by atoms with Gasteiger partial charge in [0.05, 0.1) is 5.69 Å². The number of hydrogen-bond acceptors (Lipinski definition) is 3. The molecule has 0 saturated carbocycles. The van der Waals surface area contributed by atoms with Gasteiger partial charge in [0.1, 0.15) is 22.3 Å². The molecule has 3 heteroatoms. The smallest absolute Gasteiger partial charge is 0.145 e. The molecule has 0 aliphatic rings. The van der Waals surface area contributed by atoms with Gasteiger partial charge in [-0.2, -0.15) is 0 Å². The van der Waals surface area contributed by atoms with Gasteiger partial charge in [-0.15, -0.1) is 0 Å². The summed E-state index contributed by atoms with van der Waals surface area (Å²) in [6, 6.07) is 71.4. The first kappa shape index (κ1) is 31.7. The molecule has 3 nitrogen and oxygen atoms in total. The number of para-hydroxylation sites is 2. The van der Waals surface area contributed by atoms with E-state index in [0.29, 0.717) is 0 Å². The van der Waals surface area contributed by atoms with E-state index >= 15 is 0 Å². The molecule has 0 aliphatic heterocycles. The molecule has 0 radical (unpaired) electrons. The molecule has 0 spiro atoms. The summed E-state index contributed by atoms with van der Waals surface area (Å²) in [6.07, 6.45) is 0. The average Bonchev–Trinajstić information content (AvgIpc) is 3.86. The molecule has 0 bridgehead atoms. The highest BCUT2D eigenvalue weighted by Crippen LogP contribution is 2.49. The molecular formula is C54H33NO2. The highest BCUT2D eigenvalue weighted by molar-refractivity contribution is 6.29. The van der Waals surface area contributed by atoms with Crippen LogP contribution in [0.5, 0.6) is 0 Å². The zero-order valence-corrected chi connectivity index (χ0v) is 30.8. The quantitative estimate of drug-likeness (QED) is 0.165. The third-order valence-corrected chi connectivity index (χ3v) is 11.6. The van der Waals surface area contributed by atoms with E-state index < -0.39 is 0 Å². The molecular weight excluding hydrogens is 695 g/mol. The third-order valence-electron chi connectivity index (χ3n) is 11.6. The molecule has 0 aliphatic carbocycles. The second-order valence-corrected chi connectivity index (χ2v) is 14.8.